The minimum absolute atomic E-state index is 0.345. The summed E-state index contributed by atoms with van der Waals surface area (Å²) in [5, 5.41) is 3.39. The summed E-state index contributed by atoms with van der Waals surface area (Å²) in [5.74, 6) is 0.911. The van der Waals surface area contributed by atoms with Crippen molar-refractivity contribution in [1.82, 2.24) is 15.3 Å². The van der Waals surface area contributed by atoms with Crippen LogP contribution in [0.5, 0.6) is 0 Å². The molecule has 3 nitrogen and oxygen atoms in total. The highest BCUT2D eigenvalue weighted by molar-refractivity contribution is 4.88. The molecule has 0 radical (unpaired) electrons. The average Bonchev–Trinajstić information content (AvgIpc) is 2.13. The third-order valence-electron chi connectivity index (χ3n) is 1.80. The molecule has 0 saturated carbocycles. The van der Waals surface area contributed by atoms with Gasteiger partial charge in [0.25, 0.3) is 0 Å². The molecule has 0 aliphatic rings. The van der Waals surface area contributed by atoms with E-state index < -0.39 is 0 Å². The molecule has 0 aliphatic carbocycles. The van der Waals surface area contributed by atoms with E-state index in [1.54, 1.807) is 12.4 Å². The number of hydrogen-bond donors (Lipinski definition) is 1. The fourth-order valence-corrected chi connectivity index (χ4v) is 1.12. The minimum atomic E-state index is 0.345. The molecule has 0 aromatic carbocycles. The molecule has 0 aliphatic heterocycles. The number of hydrogen-bond acceptors (Lipinski definition) is 3. The van der Waals surface area contributed by atoms with E-state index in [-0.39, 0.29) is 0 Å². The molecule has 0 unspecified atom stereocenters. The topological polar surface area (TPSA) is 37.8 Å². The molecule has 1 rings (SSSR count). The van der Waals surface area contributed by atoms with Crippen LogP contribution in [0.3, 0.4) is 0 Å². The van der Waals surface area contributed by atoms with E-state index in [4.69, 9.17) is 0 Å². The third kappa shape index (κ3) is 4.92. The van der Waals surface area contributed by atoms with E-state index in [1.807, 2.05) is 6.07 Å². The third-order valence-corrected chi connectivity index (χ3v) is 1.80. The van der Waals surface area contributed by atoms with Crippen molar-refractivity contribution in [3.8, 4) is 0 Å². The van der Waals surface area contributed by atoms with Crippen molar-refractivity contribution in [2.24, 2.45) is 5.41 Å². The Kier molecular flexibility index (Phi) is 4.01. The predicted octanol–water partition coefficient (Wildman–Crippen LogP) is 1.65. The summed E-state index contributed by atoms with van der Waals surface area (Å²) in [6.45, 7) is 8.64. The van der Waals surface area contributed by atoms with Gasteiger partial charge in [-0.3, -0.25) is 0 Å². The van der Waals surface area contributed by atoms with Crippen LogP contribution in [0.1, 0.15) is 26.6 Å². The molecular weight excluding hydrogens is 174 g/mol. The van der Waals surface area contributed by atoms with E-state index in [1.165, 1.54) is 0 Å². The molecule has 1 aromatic rings. The highest BCUT2D eigenvalue weighted by Gasteiger charge is 2.08. The highest BCUT2D eigenvalue weighted by atomic mass is 14.9. The fraction of sp³-hybridized carbons (Fsp3) is 0.636. The van der Waals surface area contributed by atoms with Gasteiger partial charge in [0.15, 0.2) is 0 Å². The fourth-order valence-electron chi connectivity index (χ4n) is 1.12. The van der Waals surface area contributed by atoms with Gasteiger partial charge in [0.05, 0.1) is 0 Å². The van der Waals surface area contributed by atoms with Crippen LogP contribution in [0.2, 0.25) is 0 Å². The van der Waals surface area contributed by atoms with Gasteiger partial charge in [-0.2, -0.15) is 0 Å². The Morgan fingerprint density at radius 3 is 2.43 bits per heavy atom. The van der Waals surface area contributed by atoms with E-state index in [2.05, 4.69) is 36.1 Å². The SMILES string of the molecule is CC(C)(C)CNCCc1ncccn1. The van der Waals surface area contributed by atoms with Crippen molar-refractivity contribution in [2.75, 3.05) is 13.1 Å². The number of aromatic nitrogens is 2. The lowest BCUT2D eigenvalue weighted by atomic mass is 9.97. The van der Waals surface area contributed by atoms with Crippen molar-refractivity contribution in [2.45, 2.75) is 27.2 Å². The first kappa shape index (κ1) is 11.1. The lowest BCUT2D eigenvalue weighted by Crippen LogP contribution is -2.28. The number of rotatable bonds is 4. The first-order valence-corrected chi connectivity index (χ1v) is 5.04. The molecule has 0 atom stereocenters. The molecule has 0 fully saturated rings. The smallest absolute Gasteiger partial charge is 0.129 e. The van der Waals surface area contributed by atoms with Gasteiger partial charge < -0.3 is 5.32 Å². The van der Waals surface area contributed by atoms with Gasteiger partial charge >= 0.3 is 0 Å². The lowest BCUT2D eigenvalue weighted by molar-refractivity contribution is 0.381. The van der Waals surface area contributed by atoms with Crippen molar-refractivity contribution < 1.29 is 0 Å². The molecule has 0 bridgehead atoms. The Bertz CT molecular complexity index is 251. The molecule has 0 spiro atoms. The molecule has 1 aromatic heterocycles. The molecule has 0 saturated heterocycles. The number of nitrogens with zero attached hydrogens (tertiary/aromatic N) is 2. The second kappa shape index (κ2) is 5.05. The Balaban J connectivity index is 2.17. The van der Waals surface area contributed by atoms with E-state index in [0.29, 0.717) is 5.41 Å². The van der Waals surface area contributed by atoms with Crippen LogP contribution in [0.25, 0.3) is 0 Å². The van der Waals surface area contributed by atoms with Gasteiger partial charge in [-0.25, -0.2) is 9.97 Å². The zero-order valence-corrected chi connectivity index (χ0v) is 9.25. The van der Waals surface area contributed by atoms with E-state index in [9.17, 15) is 0 Å². The maximum absolute atomic E-state index is 4.16. The first-order chi connectivity index (χ1) is 6.58. The quantitative estimate of drug-likeness (QED) is 0.739. The summed E-state index contributed by atoms with van der Waals surface area (Å²) in [5.41, 5.74) is 0.345. The van der Waals surface area contributed by atoms with Gasteiger partial charge in [0.2, 0.25) is 0 Å². The van der Waals surface area contributed by atoms with Gasteiger partial charge in [-0.05, 0) is 11.5 Å². The molecular formula is C11H19N3. The molecule has 0 amide bonds. The van der Waals surface area contributed by atoms with Crippen molar-refractivity contribution in [3.63, 3.8) is 0 Å². The van der Waals surface area contributed by atoms with E-state index >= 15 is 0 Å². The summed E-state index contributed by atoms with van der Waals surface area (Å²) in [4.78, 5) is 8.32. The predicted molar refractivity (Wildman–Crippen MR) is 58.1 cm³/mol. The van der Waals surface area contributed by atoms with Crippen LogP contribution < -0.4 is 5.32 Å². The van der Waals surface area contributed by atoms with Gasteiger partial charge in [0.1, 0.15) is 5.82 Å². The summed E-state index contributed by atoms with van der Waals surface area (Å²) in [7, 11) is 0. The van der Waals surface area contributed by atoms with Crippen LogP contribution in [0, 0.1) is 5.41 Å². The van der Waals surface area contributed by atoms with Crippen LogP contribution in [0.15, 0.2) is 18.5 Å². The molecule has 3 heteroatoms. The second-order valence-corrected chi connectivity index (χ2v) is 4.65. The molecule has 1 heterocycles. The maximum atomic E-state index is 4.16. The minimum Gasteiger partial charge on any atom is -0.316 e. The van der Waals surface area contributed by atoms with Gasteiger partial charge in [0, 0.05) is 31.9 Å². The van der Waals surface area contributed by atoms with Gasteiger partial charge in [-0.1, -0.05) is 20.8 Å². The van der Waals surface area contributed by atoms with Crippen LogP contribution >= 0.6 is 0 Å². The second-order valence-electron chi connectivity index (χ2n) is 4.65. The summed E-state index contributed by atoms with van der Waals surface area (Å²) in [6, 6.07) is 1.84. The molecule has 78 valence electrons. The Labute approximate surface area is 86.0 Å². The van der Waals surface area contributed by atoms with Crippen LogP contribution in [-0.4, -0.2) is 23.1 Å². The number of nitrogens with one attached hydrogen (secondary N) is 1. The Morgan fingerprint density at radius 1 is 1.21 bits per heavy atom. The summed E-state index contributed by atoms with van der Waals surface area (Å²) < 4.78 is 0. The van der Waals surface area contributed by atoms with Crippen molar-refractivity contribution in [3.05, 3.63) is 24.3 Å². The van der Waals surface area contributed by atoms with Gasteiger partial charge in [-0.15, -0.1) is 0 Å². The largest absolute Gasteiger partial charge is 0.316 e. The normalized spacial score (nSPS) is 11.6. The molecule has 14 heavy (non-hydrogen) atoms. The summed E-state index contributed by atoms with van der Waals surface area (Å²) >= 11 is 0. The highest BCUT2D eigenvalue weighted by Crippen LogP contribution is 2.09. The van der Waals surface area contributed by atoms with Crippen LogP contribution in [-0.2, 0) is 6.42 Å². The maximum Gasteiger partial charge on any atom is 0.129 e. The lowest BCUT2D eigenvalue weighted by Gasteiger charge is -2.18. The zero-order valence-electron chi connectivity index (χ0n) is 9.25. The monoisotopic (exact) mass is 193 g/mol. The molecule has 1 N–H and O–H groups in total. The first-order valence-electron chi connectivity index (χ1n) is 5.04. The van der Waals surface area contributed by atoms with Crippen molar-refractivity contribution >= 4 is 0 Å². The standard InChI is InChI=1S/C11H19N3/c1-11(2,3)9-12-8-5-10-13-6-4-7-14-10/h4,6-7,12H,5,8-9H2,1-3H3. The Morgan fingerprint density at radius 2 is 1.86 bits per heavy atom. The Hall–Kier alpha value is -0.960. The zero-order chi connectivity index (χ0) is 10.4. The average molecular weight is 193 g/mol. The van der Waals surface area contributed by atoms with E-state index in [0.717, 1.165) is 25.3 Å². The van der Waals surface area contributed by atoms with Crippen LogP contribution in [0.4, 0.5) is 0 Å². The summed E-state index contributed by atoms with van der Waals surface area (Å²) in [6.07, 6.45) is 4.47. The van der Waals surface area contributed by atoms with Crippen molar-refractivity contribution in [1.29, 1.82) is 0 Å².